The maximum absolute atomic E-state index is 9.94. The number of benzene rings is 8. The molecular weight excluding hydrogens is 955 g/mol. The zero-order chi connectivity index (χ0) is 45.8. The van der Waals surface area contributed by atoms with Crippen molar-refractivity contribution in [2.75, 3.05) is 11.9 Å². The van der Waals surface area contributed by atoms with Crippen LogP contribution in [0.2, 0.25) is 0 Å². The van der Waals surface area contributed by atoms with Crippen molar-refractivity contribution in [3.05, 3.63) is 264 Å². The smallest absolute Gasteiger partial charge is 1.00 e. The summed E-state index contributed by atoms with van der Waals surface area (Å²) in [4.78, 5) is 11.2. The van der Waals surface area contributed by atoms with Gasteiger partial charge in [0.2, 0.25) is 0 Å². The van der Waals surface area contributed by atoms with Crippen molar-refractivity contribution < 1.29 is 139 Å². The third-order valence-corrected chi connectivity index (χ3v) is 12.1. The minimum Gasteiger partial charge on any atom is -1.00 e. The predicted octanol–water partition coefficient (Wildman–Crippen LogP) is 5.90. The SMILES string of the molecule is C=CCBr.C=CCOc1ccc(C2(c3ccc(O)cc3)c3ccccc3-c3ccccc32)cc1.O=CO[O-].Oc1ccc(C2(c3ccc(O)cc3)c3ccccc3-c3ccccc32)cc1.[H-].[K+].[K+]. The average Bonchev–Trinajstić information content (AvgIpc) is 3.83. The number of hydrogen-bond acceptors (Lipinski definition) is 7. The first-order chi connectivity index (χ1) is 31.8. The summed E-state index contributed by atoms with van der Waals surface area (Å²) in [7, 11) is 0. The van der Waals surface area contributed by atoms with E-state index in [1.807, 2.05) is 48.5 Å². The molecule has 7 nitrogen and oxygen atoms in total. The normalized spacial score (nSPS) is 12.2. The molecule has 3 N–H and O–H groups in total. The summed E-state index contributed by atoms with van der Waals surface area (Å²) >= 11 is 3.13. The molecule has 2 aliphatic carbocycles. The number of allylic oxidation sites excluding steroid dienone is 1. The molecule has 67 heavy (non-hydrogen) atoms. The Balaban J connectivity index is 0.000000248. The molecule has 0 radical (unpaired) electrons. The molecular formula is C57H47BrK2O7. The molecule has 0 aromatic heterocycles. The van der Waals surface area contributed by atoms with Gasteiger partial charge in [0, 0.05) is 5.33 Å². The van der Waals surface area contributed by atoms with Crippen LogP contribution in [0.1, 0.15) is 45.9 Å². The fourth-order valence-corrected chi connectivity index (χ4v) is 9.14. The van der Waals surface area contributed by atoms with Crippen LogP contribution in [0.25, 0.3) is 22.3 Å². The van der Waals surface area contributed by atoms with Crippen molar-refractivity contribution in [1.29, 1.82) is 0 Å². The van der Waals surface area contributed by atoms with Crippen LogP contribution < -0.4 is 113 Å². The van der Waals surface area contributed by atoms with Gasteiger partial charge in [-0.15, -0.1) is 6.58 Å². The molecule has 0 saturated carbocycles. The summed E-state index contributed by atoms with van der Waals surface area (Å²) in [5.74, 6) is 1.58. The van der Waals surface area contributed by atoms with E-state index in [0.717, 1.165) is 33.3 Å². The number of carbonyl (C=O) groups is 1. The number of phenols is 3. The number of aromatic hydroxyl groups is 3. The van der Waals surface area contributed by atoms with Gasteiger partial charge in [-0.2, -0.15) is 0 Å². The molecule has 326 valence electrons. The van der Waals surface area contributed by atoms with Gasteiger partial charge in [-0.25, -0.2) is 0 Å². The summed E-state index contributed by atoms with van der Waals surface area (Å²) < 4.78 is 5.71. The average molecular weight is 1000 g/mol. The molecule has 2 aliphatic rings. The van der Waals surface area contributed by atoms with Gasteiger partial charge in [0.25, 0.3) is 6.47 Å². The maximum atomic E-state index is 9.94. The van der Waals surface area contributed by atoms with E-state index >= 15 is 0 Å². The number of fused-ring (bicyclic) bond motifs is 6. The van der Waals surface area contributed by atoms with Gasteiger partial charge in [-0.1, -0.05) is 180 Å². The Kier molecular flexibility index (Phi) is 20.2. The second-order valence-electron chi connectivity index (χ2n) is 15.1. The summed E-state index contributed by atoms with van der Waals surface area (Å²) in [5.41, 5.74) is 13.3. The molecule has 0 aliphatic heterocycles. The minimum atomic E-state index is -0.491. The number of rotatable bonds is 9. The van der Waals surface area contributed by atoms with Crippen LogP contribution in [0.3, 0.4) is 0 Å². The number of alkyl halides is 1. The third-order valence-electron chi connectivity index (χ3n) is 11.6. The van der Waals surface area contributed by atoms with Crippen LogP contribution in [0.5, 0.6) is 23.0 Å². The maximum Gasteiger partial charge on any atom is 1.00 e. The van der Waals surface area contributed by atoms with E-state index in [-0.39, 0.29) is 128 Å². The van der Waals surface area contributed by atoms with Crippen molar-refractivity contribution in [3.8, 4) is 45.3 Å². The summed E-state index contributed by atoms with van der Waals surface area (Å²) in [6.45, 7) is 7.45. The first-order valence-electron chi connectivity index (χ1n) is 20.8. The zero-order valence-electron chi connectivity index (χ0n) is 38.4. The van der Waals surface area contributed by atoms with Crippen LogP contribution >= 0.6 is 15.9 Å². The Morgan fingerprint density at radius 3 is 0.970 bits per heavy atom. The van der Waals surface area contributed by atoms with Crippen molar-refractivity contribution >= 4 is 22.4 Å². The van der Waals surface area contributed by atoms with Gasteiger partial charge in [0.1, 0.15) is 29.6 Å². The van der Waals surface area contributed by atoms with Crippen LogP contribution in [0.15, 0.2) is 219 Å². The van der Waals surface area contributed by atoms with Gasteiger partial charge in [-0.05, 0) is 115 Å². The van der Waals surface area contributed by atoms with Crippen LogP contribution in [-0.2, 0) is 20.5 Å². The first-order valence-corrected chi connectivity index (χ1v) is 21.9. The van der Waals surface area contributed by atoms with E-state index in [2.05, 4.69) is 143 Å². The molecule has 0 bridgehead atoms. The molecule has 0 heterocycles. The largest absolute Gasteiger partial charge is 1.00 e. The summed E-state index contributed by atoms with van der Waals surface area (Å²) in [5, 5.41) is 39.0. The molecule has 0 fully saturated rings. The Hall–Kier alpha value is -4.38. The second-order valence-corrected chi connectivity index (χ2v) is 15.7. The van der Waals surface area contributed by atoms with Crippen molar-refractivity contribution in [2.45, 2.75) is 10.8 Å². The molecule has 0 atom stereocenters. The molecule has 0 spiro atoms. The molecule has 0 unspecified atom stereocenters. The van der Waals surface area contributed by atoms with E-state index in [9.17, 15) is 15.3 Å². The first kappa shape index (κ1) is 53.6. The third kappa shape index (κ3) is 10.9. The Morgan fingerprint density at radius 2 is 0.731 bits per heavy atom. The molecule has 0 saturated heterocycles. The van der Waals surface area contributed by atoms with E-state index < -0.39 is 10.8 Å². The Bertz CT molecular complexity index is 2740. The Morgan fingerprint density at radius 1 is 0.478 bits per heavy atom. The fraction of sp³-hybridized carbons (Fsp3) is 0.0702. The fourth-order valence-electron chi connectivity index (χ4n) is 9.14. The van der Waals surface area contributed by atoms with Gasteiger partial charge >= 0.3 is 103 Å². The molecule has 8 aromatic carbocycles. The predicted molar refractivity (Wildman–Crippen MR) is 260 cm³/mol. The molecule has 10 heteroatoms. The van der Waals surface area contributed by atoms with E-state index in [1.165, 1.54) is 44.5 Å². The second kappa shape index (κ2) is 25.3. The van der Waals surface area contributed by atoms with Crippen molar-refractivity contribution in [1.82, 2.24) is 0 Å². The summed E-state index contributed by atoms with van der Waals surface area (Å²) in [6.07, 6.45) is 3.54. The van der Waals surface area contributed by atoms with E-state index in [1.54, 1.807) is 48.6 Å². The molecule has 8 aromatic rings. The van der Waals surface area contributed by atoms with E-state index in [4.69, 9.17) is 14.8 Å². The van der Waals surface area contributed by atoms with Gasteiger partial charge in [-0.3, -0.25) is 4.79 Å². The monoisotopic (exact) mass is 1000 g/mol. The van der Waals surface area contributed by atoms with Gasteiger partial charge in [0.05, 0.1) is 10.8 Å². The topological polar surface area (TPSA) is 119 Å². The van der Waals surface area contributed by atoms with Gasteiger partial charge < -0.3 is 31.6 Å². The minimum absolute atomic E-state index is 0. The van der Waals surface area contributed by atoms with Crippen LogP contribution in [-0.4, -0.2) is 33.7 Å². The van der Waals surface area contributed by atoms with Gasteiger partial charge in [0.15, 0.2) is 0 Å². The van der Waals surface area contributed by atoms with Crippen molar-refractivity contribution in [2.24, 2.45) is 0 Å². The summed E-state index contributed by atoms with van der Waals surface area (Å²) in [6, 6.07) is 64.9. The number of hydrogen-bond donors (Lipinski definition) is 3. The van der Waals surface area contributed by atoms with Crippen molar-refractivity contribution in [3.63, 3.8) is 0 Å². The number of halogens is 1. The molecule has 10 rings (SSSR count). The zero-order valence-corrected chi connectivity index (χ0v) is 45.2. The number of ether oxygens (including phenoxy) is 1. The molecule has 0 amide bonds. The quantitative estimate of drug-likeness (QED) is 0.0412. The van der Waals surface area contributed by atoms with Crippen LogP contribution in [0.4, 0.5) is 0 Å². The van der Waals surface area contributed by atoms with E-state index in [0.29, 0.717) is 6.61 Å². The number of carbonyl (C=O) groups excluding carboxylic acids is 1. The number of phenolic OH excluding ortho intramolecular Hbond substituents is 3. The standard InChI is InChI=1S/C28H22O2.C25H18O2.C3H5Br.CH2O3.2K.H/c1-2-19-30-23-17-13-21(14-18-23)28(20-11-15-22(29)16-12-20)26-9-5-3-7-24(26)25-8-4-6-10-27(25)28;26-19-13-9-17(10-14-19)25(18-11-15-20(27)16-12-18)23-7-3-1-5-21(23)22-6-2-4-8-24(22)25;1-2-3-4;2-1-4-3;;;/h2-18,29H,1,19H2;1-16,26-27H;2H,1,3H2;1,3H;;;/q;;;;2*+1;-1/p-1. The Labute approximate surface area is 486 Å². The van der Waals surface area contributed by atoms with Crippen LogP contribution in [0, 0.1) is 0 Å².